The average Bonchev–Trinajstić information content (AvgIpc) is 2.58. The Morgan fingerprint density at radius 2 is 1.71 bits per heavy atom. The molecule has 1 rings (SSSR count). The zero-order valence-corrected chi connectivity index (χ0v) is 16.1. The summed E-state index contributed by atoms with van der Waals surface area (Å²) in [4.78, 5) is 12.6. The van der Waals surface area contributed by atoms with E-state index in [9.17, 15) is 9.90 Å². The average molecular weight is 332 g/mol. The first-order chi connectivity index (χ1) is 11.5. The molecule has 134 valence electrons. The Labute approximate surface area is 146 Å². The van der Waals surface area contributed by atoms with E-state index in [1.165, 1.54) is 5.57 Å². The van der Waals surface area contributed by atoms with Crippen molar-refractivity contribution in [1.29, 1.82) is 0 Å². The number of rotatable bonds is 9. The van der Waals surface area contributed by atoms with Crippen LogP contribution in [-0.4, -0.2) is 18.0 Å². The van der Waals surface area contributed by atoms with Gasteiger partial charge in [-0.25, -0.2) is 0 Å². The Kier molecular flexibility index (Phi) is 8.03. The zero-order valence-electron chi connectivity index (χ0n) is 16.1. The molecule has 0 aliphatic carbocycles. The van der Waals surface area contributed by atoms with Gasteiger partial charge in [-0.1, -0.05) is 39.3 Å². The molecular weight excluding hydrogens is 300 g/mol. The highest BCUT2D eigenvalue weighted by molar-refractivity contribution is 6.01. The van der Waals surface area contributed by atoms with Crippen molar-refractivity contribution in [3.63, 3.8) is 0 Å². The maximum Gasteiger partial charge on any atom is 0.166 e. The van der Waals surface area contributed by atoms with Crippen LogP contribution >= 0.6 is 0 Å². The first-order valence-electron chi connectivity index (χ1n) is 9.08. The van der Waals surface area contributed by atoms with Crippen molar-refractivity contribution in [1.82, 2.24) is 0 Å². The molecule has 0 atom stereocenters. The molecule has 0 aromatic heterocycles. The molecule has 0 unspecified atom stereocenters. The summed E-state index contributed by atoms with van der Waals surface area (Å²) >= 11 is 0. The minimum absolute atomic E-state index is 0.0293. The third-order valence-electron chi connectivity index (χ3n) is 4.62. The van der Waals surface area contributed by atoms with Crippen LogP contribution in [0.2, 0.25) is 0 Å². The van der Waals surface area contributed by atoms with Gasteiger partial charge >= 0.3 is 0 Å². The molecule has 1 aromatic carbocycles. The van der Waals surface area contributed by atoms with E-state index in [-0.39, 0.29) is 11.5 Å². The van der Waals surface area contributed by atoms with Crippen LogP contribution in [0.25, 0.3) is 0 Å². The van der Waals surface area contributed by atoms with Crippen LogP contribution in [0.4, 0.5) is 0 Å². The molecule has 0 spiro atoms. The Morgan fingerprint density at radius 3 is 2.17 bits per heavy atom. The third kappa shape index (κ3) is 4.19. The van der Waals surface area contributed by atoms with Gasteiger partial charge in [0.15, 0.2) is 5.78 Å². The fraction of sp³-hybridized carbons (Fsp3) is 0.571. The minimum Gasteiger partial charge on any atom is -0.507 e. The standard InChI is InChI=1S/C21H32O3/c1-7-11-18(22)19-15(9-3)16(10-4)21(24-6)17(20(19)23)13-12-14(5)8-2/h12,23H,7-11,13H2,1-6H3/b14-12+. The predicted molar refractivity (Wildman–Crippen MR) is 100 cm³/mol. The molecule has 24 heavy (non-hydrogen) atoms. The highest BCUT2D eigenvalue weighted by Crippen LogP contribution is 2.40. The maximum atomic E-state index is 12.6. The third-order valence-corrected chi connectivity index (χ3v) is 4.62. The highest BCUT2D eigenvalue weighted by Gasteiger charge is 2.25. The van der Waals surface area contributed by atoms with Crippen LogP contribution < -0.4 is 4.74 Å². The Hall–Kier alpha value is -1.77. The number of benzene rings is 1. The quantitative estimate of drug-likeness (QED) is 0.486. The minimum atomic E-state index is 0.0293. The van der Waals surface area contributed by atoms with Gasteiger partial charge in [0.1, 0.15) is 11.5 Å². The molecule has 3 heteroatoms. The van der Waals surface area contributed by atoms with Crippen molar-refractivity contribution in [2.75, 3.05) is 7.11 Å². The van der Waals surface area contributed by atoms with Crippen molar-refractivity contribution in [3.8, 4) is 11.5 Å². The lowest BCUT2D eigenvalue weighted by Gasteiger charge is -2.21. The SMILES string of the molecule is CCCC(=O)c1c(O)c(C/C=C(\C)CC)c(OC)c(CC)c1CC. The number of ether oxygens (including phenoxy) is 1. The first kappa shape index (κ1) is 20.3. The van der Waals surface area contributed by atoms with Gasteiger partial charge in [-0.15, -0.1) is 0 Å². The van der Waals surface area contributed by atoms with E-state index in [1.54, 1.807) is 7.11 Å². The van der Waals surface area contributed by atoms with Crippen LogP contribution in [-0.2, 0) is 19.3 Å². The zero-order chi connectivity index (χ0) is 18.3. The van der Waals surface area contributed by atoms with E-state index in [1.807, 2.05) is 13.8 Å². The molecule has 0 saturated heterocycles. The van der Waals surface area contributed by atoms with E-state index in [0.717, 1.165) is 41.7 Å². The van der Waals surface area contributed by atoms with E-state index in [4.69, 9.17) is 4.74 Å². The number of carbonyl (C=O) groups is 1. The number of methoxy groups -OCH3 is 1. The molecular formula is C21H32O3. The summed E-state index contributed by atoms with van der Waals surface area (Å²) in [6, 6.07) is 0. The molecule has 0 amide bonds. The lowest BCUT2D eigenvalue weighted by molar-refractivity contribution is 0.0978. The van der Waals surface area contributed by atoms with Crippen LogP contribution in [0, 0.1) is 0 Å². The van der Waals surface area contributed by atoms with Crippen molar-refractivity contribution < 1.29 is 14.6 Å². The van der Waals surface area contributed by atoms with Gasteiger partial charge in [0.05, 0.1) is 12.7 Å². The second kappa shape index (κ2) is 9.51. The lowest BCUT2D eigenvalue weighted by atomic mass is 9.87. The van der Waals surface area contributed by atoms with Crippen LogP contribution in [0.3, 0.4) is 0 Å². The predicted octanol–water partition coefficient (Wildman–Crippen LogP) is 5.41. The van der Waals surface area contributed by atoms with Crippen LogP contribution in [0.15, 0.2) is 11.6 Å². The topological polar surface area (TPSA) is 46.5 Å². The lowest BCUT2D eigenvalue weighted by Crippen LogP contribution is -2.11. The molecule has 1 aromatic rings. The largest absolute Gasteiger partial charge is 0.507 e. The molecule has 0 aliphatic rings. The number of phenols is 1. The van der Waals surface area contributed by atoms with Crippen molar-refractivity contribution >= 4 is 5.78 Å². The summed E-state index contributed by atoms with van der Waals surface area (Å²) in [5.74, 6) is 0.876. The summed E-state index contributed by atoms with van der Waals surface area (Å²) in [7, 11) is 1.64. The van der Waals surface area contributed by atoms with E-state index in [2.05, 4.69) is 26.8 Å². The van der Waals surface area contributed by atoms with Crippen LogP contribution in [0.1, 0.15) is 80.9 Å². The number of hydrogen-bond donors (Lipinski definition) is 1. The first-order valence-corrected chi connectivity index (χ1v) is 9.08. The van der Waals surface area contributed by atoms with Gasteiger partial charge in [0, 0.05) is 12.0 Å². The maximum absolute atomic E-state index is 12.6. The Bertz CT molecular complexity index is 612. The van der Waals surface area contributed by atoms with E-state index >= 15 is 0 Å². The van der Waals surface area contributed by atoms with E-state index < -0.39 is 0 Å². The molecule has 3 nitrogen and oxygen atoms in total. The summed E-state index contributed by atoms with van der Waals surface area (Å²) in [6.45, 7) is 10.3. The van der Waals surface area contributed by atoms with Gasteiger partial charge in [-0.3, -0.25) is 4.79 Å². The molecule has 0 saturated carbocycles. The number of carbonyl (C=O) groups excluding carboxylic acids is 1. The summed E-state index contributed by atoms with van der Waals surface area (Å²) < 4.78 is 5.65. The number of allylic oxidation sites excluding steroid dienone is 2. The molecule has 1 N–H and O–H groups in total. The molecule has 0 aliphatic heterocycles. The number of aromatic hydroxyl groups is 1. The van der Waals surface area contributed by atoms with Gasteiger partial charge < -0.3 is 9.84 Å². The molecule has 0 fully saturated rings. The normalized spacial score (nSPS) is 11.7. The monoisotopic (exact) mass is 332 g/mol. The number of phenolic OH excluding ortho intramolecular Hbond substituents is 1. The van der Waals surface area contributed by atoms with E-state index in [0.29, 0.717) is 24.8 Å². The number of ketones is 1. The molecule has 0 radical (unpaired) electrons. The number of hydrogen-bond acceptors (Lipinski definition) is 3. The van der Waals surface area contributed by atoms with Gasteiger partial charge in [-0.05, 0) is 50.2 Å². The summed E-state index contributed by atoms with van der Waals surface area (Å²) in [5.41, 5.74) is 4.49. The van der Waals surface area contributed by atoms with Crippen molar-refractivity contribution in [3.05, 3.63) is 33.9 Å². The van der Waals surface area contributed by atoms with Gasteiger partial charge in [0.25, 0.3) is 0 Å². The summed E-state index contributed by atoms with van der Waals surface area (Å²) in [6.07, 6.45) is 6.38. The Balaban J connectivity index is 3.67. The molecule has 0 heterocycles. The van der Waals surface area contributed by atoms with Crippen LogP contribution in [0.5, 0.6) is 11.5 Å². The smallest absolute Gasteiger partial charge is 0.166 e. The summed E-state index contributed by atoms with van der Waals surface area (Å²) in [5, 5.41) is 10.9. The second-order valence-electron chi connectivity index (χ2n) is 6.18. The molecule has 0 bridgehead atoms. The fourth-order valence-corrected chi connectivity index (χ4v) is 3.14. The second-order valence-corrected chi connectivity index (χ2v) is 6.18. The highest BCUT2D eigenvalue weighted by atomic mass is 16.5. The van der Waals surface area contributed by atoms with Crippen molar-refractivity contribution in [2.45, 2.75) is 73.1 Å². The van der Waals surface area contributed by atoms with Gasteiger partial charge in [-0.2, -0.15) is 0 Å². The number of Topliss-reactive ketones (excluding diaryl/α,β-unsaturated/α-hetero) is 1. The van der Waals surface area contributed by atoms with Crippen molar-refractivity contribution in [2.24, 2.45) is 0 Å². The fourth-order valence-electron chi connectivity index (χ4n) is 3.14. The Morgan fingerprint density at radius 1 is 1.08 bits per heavy atom. The van der Waals surface area contributed by atoms with Gasteiger partial charge in [0.2, 0.25) is 0 Å².